The molecule has 2 N–H and O–H groups in total. The van der Waals surface area contributed by atoms with E-state index >= 15 is 0 Å². The summed E-state index contributed by atoms with van der Waals surface area (Å²) < 4.78 is 1.91. The van der Waals surface area contributed by atoms with Crippen molar-refractivity contribution in [3.63, 3.8) is 0 Å². The van der Waals surface area contributed by atoms with E-state index < -0.39 is 6.04 Å². The van der Waals surface area contributed by atoms with Crippen molar-refractivity contribution >= 4 is 40.0 Å². The molecule has 7 nitrogen and oxygen atoms in total. The van der Waals surface area contributed by atoms with E-state index in [-0.39, 0.29) is 11.8 Å². The van der Waals surface area contributed by atoms with Gasteiger partial charge in [0.2, 0.25) is 5.91 Å². The van der Waals surface area contributed by atoms with Gasteiger partial charge in [-0.25, -0.2) is 9.97 Å². The lowest BCUT2D eigenvalue weighted by Gasteiger charge is -2.17. The summed E-state index contributed by atoms with van der Waals surface area (Å²) in [6, 6.07) is 8.24. The third kappa shape index (κ3) is 5.24. The number of thioether (sulfide) groups is 1. The number of nitrogens with zero attached hydrogens (tertiary/aromatic N) is 3. The van der Waals surface area contributed by atoms with E-state index in [1.54, 1.807) is 42.2 Å². The van der Waals surface area contributed by atoms with Gasteiger partial charge in [-0.2, -0.15) is 11.8 Å². The SMILES string of the molecule is CSCCC(NC(=O)c1ccccc1)C(=O)Nc1nc(C)c(-c2nccn2C)s1. The number of nitrogens with one attached hydrogen (secondary N) is 2. The Morgan fingerprint density at radius 2 is 2.03 bits per heavy atom. The largest absolute Gasteiger partial charge is 0.340 e. The van der Waals surface area contributed by atoms with Crippen LogP contribution in [0, 0.1) is 6.92 Å². The van der Waals surface area contributed by atoms with Crippen molar-refractivity contribution in [2.24, 2.45) is 7.05 Å². The normalized spacial score (nSPS) is 11.8. The van der Waals surface area contributed by atoms with Crippen molar-refractivity contribution in [2.45, 2.75) is 19.4 Å². The molecule has 3 rings (SSSR count). The van der Waals surface area contributed by atoms with Gasteiger partial charge < -0.3 is 15.2 Å². The molecular formula is C20H23N5O2S2. The molecule has 0 aliphatic carbocycles. The van der Waals surface area contributed by atoms with Gasteiger partial charge in [-0.3, -0.25) is 9.59 Å². The summed E-state index contributed by atoms with van der Waals surface area (Å²) in [4.78, 5) is 35.1. The Bertz CT molecular complexity index is 984. The van der Waals surface area contributed by atoms with Crippen LogP contribution in [-0.2, 0) is 11.8 Å². The van der Waals surface area contributed by atoms with E-state index in [9.17, 15) is 9.59 Å². The van der Waals surface area contributed by atoms with Crippen molar-refractivity contribution in [1.82, 2.24) is 19.9 Å². The summed E-state index contributed by atoms with van der Waals surface area (Å²) in [5, 5.41) is 6.19. The molecule has 3 aromatic rings. The number of carbonyl (C=O) groups is 2. The van der Waals surface area contributed by atoms with Gasteiger partial charge in [0.05, 0.1) is 10.6 Å². The maximum Gasteiger partial charge on any atom is 0.251 e. The molecule has 9 heteroatoms. The first-order valence-corrected chi connectivity index (χ1v) is 11.3. The maximum atomic E-state index is 12.9. The van der Waals surface area contributed by atoms with Gasteiger partial charge in [-0.05, 0) is 37.5 Å². The van der Waals surface area contributed by atoms with Gasteiger partial charge in [0.25, 0.3) is 5.91 Å². The standard InChI is InChI=1S/C20H23N5O2S2/c1-13-16(17-21-10-11-25(17)2)29-20(22-13)24-19(27)15(9-12-28-3)23-18(26)14-7-5-4-6-8-14/h4-8,10-11,15H,9,12H2,1-3H3,(H,23,26)(H,22,24,27). The highest BCUT2D eigenvalue weighted by molar-refractivity contribution is 7.98. The highest BCUT2D eigenvalue weighted by Gasteiger charge is 2.23. The van der Waals surface area contributed by atoms with Crippen LogP contribution < -0.4 is 10.6 Å². The second-order valence-corrected chi connectivity index (χ2v) is 8.44. The van der Waals surface area contributed by atoms with Gasteiger partial charge >= 0.3 is 0 Å². The highest BCUT2D eigenvalue weighted by Crippen LogP contribution is 2.31. The van der Waals surface area contributed by atoms with E-state index in [0.29, 0.717) is 17.1 Å². The van der Waals surface area contributed by atoms with Gasteiger partial charge in [-0.1, -0.05) is 29.5 Å². The Labute approximate surface area is 178 Å². The van der Waals surface area contributed by atoms with Crippen LogP contribution in [0.4, 0.5) is 5.13 Å². The molecule has 1 atom stereocenters. The van der Waals surface area contributed by atoms with Gasteiger partial charge in [0, 0.05) is 25.0 Å². The van der Waals surface area contributed by atoms with Gasteiger partial charge in [-0.15, -0.1) is 0 Å². The highest BCUT2D eigenvalue weighted by atomic mass is 32.2. The molecule has 0 bridgehead atoms. The first-order valence-electron chi connectivity index (χ1n) is 9.10. The van der Waals surface area contributed by atoms with Crippen LogP contribution >= 0.6 is 23.1 Å². The number of hydrogen-bond donors (Lipinski definition) is 2. The number of thiazole rings is 1. The first kappa shape index (κ1) is 21.1. The molecule has 0 saturated heterocycles. The van der Waals surface area contributed by atoms with Crippen molar-refractivity contribution in [1.29, 1.82) is 0 Å². The number of anilines is 1. The molecule has 0 fully saturated rings. The van der Waals surface area contributed by atoms with E-state index in [1.165, 1.54) is 11.3 Å². The molecular weight excluding hydrogens is 406 g/mol. The van der Waals surface area contributed by atoms with Crippen LogP contribution in [0.5, 0.6) is 0 Å². The molecule has 2 heterocycles. The Hall–Kier alpha value is -2.65. The minimum atomic E-state index is -0.643. The molecule has 0 saturated carbocycles. The van der Waals surface area contributed by atoms with Gasteiger partial charge in [0.15, 0.2) is 11.0 Å². The lowest BCUT2D eigenvalue weighted by molar-refractivity contribution is -0.118. The fraction of sp³-hybridized carbons (Fsp3) is 0.300. The lowest BCUT2D eigenvalue weighted by atomic mass is 10.1. The number of benzene rings is 1. The second kappa shape index (κ2) is 9.71. The van der Waals surface area contributed by atoms with E-state index in [1.807, 2.05) is 37.1 Å². The van der Waals surface area contributed by atoms with E-state index in [2.05, 4.69) is 20.6 Å². The van der Waals surface area contributed by atoms with Crippen molar-refractivity contribution in [2.75, 3.05) is 17.3 Å². The molecule has 2 aromatic heterocycles. The van der Waals surface area contributed by atoms with Crippen LogP contribution in [-0.4, -0.2) is 44.4 Å². The number of aromatic nitrogens is 3. The van der Waals surface area contributed by atoms with Crippen LogP contribution in [0.3, 0.4) is 0 Å². The Balaban J connectivity index is 1.73. The third-order valence-electron chi connectivity index (χ3n) is 4.32. The number of rotatable bonds is 8. The first-order chi connectivity index (χ1) is 14.0. The summed E-state index contributed by atoms with van der Waals surface area (Å²) in [5.74, 6) is 1.01. The van der Waals surface area contributed by atoms with E-state index in [4.69, 9.17) is 0 Å². The summed E-state index contributed by atoms with van der Waals surface area (Å²) >= 11 is 3.00. The summed E-state index contributed by atoms with van der Waals surface area (Å²) in [6.07, 6.45) is 6.09. The average Bonchev–Trinajstić information content (AvgIpc) is 3.30. The number of hydrogen-bond acceptors (Lipinski definition) is 6. The topological polar surface area (TPSA) is 88.9 Å². The zero-order valence-electron chi connectivity index (χ0n) is 16.5. The van der Waals surface area contributed by atoms with Crippen LogP contribution in [0.2, 0.25) is 0 Å². The van der Waals surface area contributed by atoms with Crippen LogP contribution in [0.15, 0.2) is 42.7 Å². The summed E-state index contributed by atoms with van der Waals surface area (Å²) in [7, 11) is 1.91. The van der Waals surface area contributed by atoms with Crippen molar-refractivity contribution in [3.05, 3.63) is 54.0 Å². The minimum absolute atomic E-state index is 0.268. The Morgan fingerprint density at radius 1 is 1.28 bits per heavy atom. The smallest absolute Gasteiger partial charge is 0.251 e. The second-order valence-electron chi connectivity index (χ2n) is 6.46. The molecule has 152 valence electrons. The predicted octanol–water partition coefficient (Wildman–Crippen LogP) is 3.34. The van der Waals surface area contributed by atoms with Crippen molar-refractivity contribution in [3.8, 4) is 10.7 Å². The van der Waals surface area contributed by atoms with E-state index in [0.717, 1.165) is 22.1 Å². The van der Waals surface area contributed by atoms with Crippen LogP contribution in [0.1, 0.15) is 22.5 Å². The fourth-order valence-electron chi connectivity index (χ4n) is 2.77. The number of carbonyl (C=O) groups excluding carboxylic acids is 2. The Morgan fingerprint density at radius 3 is 2.69 bits per heavy atom. The number of aryl methyl sites for hydroxylation is 2. The monoisotopic (exact) mass is 429 g/mol. The Kier molecular flexibility index (Phi) is 7.05. The molecule has 2 amide bonds. The maximum absolute atomic E-state index is 12.9. The van der Waals surface area contributed by atoms with Gasteiger partial charge in [0.1, 0.15) is 6.04 Å². The molecule has 0 aliphatic heterocycles. The molecule has 1 unspecified atom stereocenters. The molecule has 0 aliphatic rings. The lowest BCUT2D eigenvalue weighted by Crippen LogP contribution is -2.44. The minimum Gasteiger partial charge on any atom is -0.340 e. The molecule has 1 aromatic carbocycles. The van der Waals surface area contributed by atoms with Crippen LogP contribution in [0.25, 0.3) is 10.7 Å². The number of imidazole rings is 1. The molecule has 0 spiro atoms. The molecule has 0 radical (unpaired) electrons. The fourth-order valence-corrected chi connectivity index (χ4v) is 4.25. The average molecular weight is 430 g/mol. The predicted molar refractivity (Wildman–Crippen MR) is 118 cm³/mol. The quantitative estimate of drug-likeness (QED) is 0.573. The zero-order chi connectivity index (χ0) is 20.8. The summed E-state index contributed by atoms with van der Waals surface area (Å²) in [5.41, 5.74) is 1.32. The zero-order valence-corrected chi connectivity index (χ0v) is 18.1. The van der Waals surface area contributed by atoms with Crippen molar-refractivity contribution < 1.29 is 9.59 Å². The third-order valence-corrected chi connectivity index (χ3v) is 6.03. The molecule has 29 heavy (non-hydrogen) atoms. The summed E-state index contributed by atoms with van der Waals surface area (Å²) in [6.45, 7) is 1.89. The number of amides is 2.